The maximum atomic E-state index is 13.1. The molecule has 1 unspecified atom stereocenters. The van der Waals surface area contributed by atoms with Crippen molar-refractivity contribution in [2.75, 3.05) is 13.2 Å². The molecule has 6 nitrogen and oxygen atoms in total. The Morgan fingerprint density at radius 2 is 1.94 bits per heavy atom. The van der Waals surface area contributed by atoms with Gasteiger partial charge in [-0.2, -0.15) is 5.10 Å². The van der Waals surface area contributed by atoms with E-state index in [0.717, 1.165) is 50.2 Å². The SMILES string of the molecule is CC(C)Cn1nc(C(=O)NC2CCCC2)c2c1CCN(C(C)COc1ccccc1)C2. The molecule has 1 aliphatic heterocycles. The molecule has 1 amide bonds. The summed E-state index contributed by atoms with van der Waals surface area (Å²) in [4.78, 5) is 15.5. The van der Waals surface area contributed by atoms with Crippen LogP contribution in [-0.4, -0.2) is 45.8 Å². The van der Waals surface area contributed by atoms with Crippen molar-refractivity contribution in [1.29, 1.82) is 0 Å². The Morgan fingerprint density at radius 3 is 2.65 bits per heavy atom. The number of hydrogen-bond donors (Lipinski definition) is 1. The highest BCUT2D eigenvalue weighted by atomic mass is 16.5. The summed E-state index contributed by atoms with van der Waals surface area (Å²) in [6, 6.07) is 10.5. The molecule has 1 N–H and O–H groups in total. The molecule has 0 radical (unpaired) electrons. The molecule has 1 saturated carbocycles. The largest absolute Gasteiger partial charge is 0.492 e. The predicted octanol–water partition coefficient (Wildman–Crippen LogP) is 4.04. The first-order valence-corrected chi connectivity index (χ1v) is 11.8. The van der Waals surface area contributed by atoms with Crippen LogP contribution in [0.15, 0.2) is 30.3 Å². The standard InChI is InChI=1S/C25H36N4O2/c1-18(2)15-29-23-13-14-28(19(3)17-31-21-11-5-4-6-12-21)16-22(23)24(27-29)25(30)26-20-9-7-8-10-20/h4-6,11-12,18-20H,7-10,13-17H2,1-3H3,(H,26,30). The smallest absolute Gasteiger partial charge is 0.272 e. The molecule has 2 heterocycles. The lowest BCUT2D eigenvalue weighted by Crippen LogP contribution is -2.42. The molecule has 6 heteroatoms. The average Bonchev–Trinajstić information content (AvgIpc) is 3.40. The molecule has 2 aliphatic rings. The summed E-state index contributed by atoms with van der Waals surface area (Å²) in [5.41, 5.74) is 2.97. The number of para-hydroxylation sites is 1. The van der Waals surface area contributed by atoms with E-state index in [9.17, 15) is 4.79 Å². The molecule has 31 heavy (non-hydrogen) atoms. The highest BCUT2D eigenvalue weighted by molar-refractivity contribution is 5.94. The van der Waals surface area contributed by atoms with Crippen LogP contribution in [0.1, 0.15) is 68.2 Å². The third-order valence-electron chi connectivity index (χ3n) is 6.46. The number of hydrogen-bond acceptors (Lipinski definition) is 4. The fourth-order valence-corrected chi connectivity index (χ4v) is 4.73. The second kappa shape index (κ2) is 9.86. The number of nitrogens with one attached hydrogen (secondary N) is 1. The predicted molar refractivity (Wildman–Crippen MR) is 122 cm³/mol. The van der Waals surface area contributed by atoms with Crippen LogP contribution >= 0.6 is 0 Å². The van der Waals surface area contributed by atoms with E-state index in [2.05, 4.69) is 35.7 Å². The zero-order valence-electron chi connectivity index (χ0n) is 19.1. The number of nitrogens with zero attached hydrogens (tertiary/aromatic N) is 3. The number of carbonyl (C=O) groups excluding carboxylic acids is 1. The topological polar surface area (TPSA) is 59.4 Å². The molecule has 0 bridgehead atoms. The summed E-state index contributed by atoms with van der Waals surface area (Å²) in [5, 5.41) is 8.05. The van der Waals surface area contributed by atoms with Gasteiger partial charge in [0.2, 0.25) is 0 Å². The van der Waals surface area contributed by atoms with E-state index in [4.69, 9.17) is 9.84 Å². The molecule has 0 saturated heterocycles. The highest BCUT2D eigenvalue weighted by Gasteiger charge is 2.31. The highest BCUT2D eigenvalue weighted by Crippen LogP contribution is 2.26. The molecule has 1 aliphatic carbocycles. The molecular weight excluding hydrogens is 388 g/mol. The van der Waals surface area contributed by atoms with Crippen molar-refractivity contribution in [3.8, 4) is 5.75 Å². The summed E-state index contributed by atoms with van der Waals surface area (Å²) in [6.45, 7) is 9.79. The van der Waals surface area contributed by atoms with Crippen molar-refractivity contribution < 1.29 is 9.53 Å². The average molecular weight is 425 g/mol. The Bertz CT molecular complexity index is 871. The molecular formula is C25H36N4O2. The first-order chi connectivity index (χ1) is 15.0. The summed E-state index contributed by atoms with van der Waals surface area (Å²) in [7, 11) is 0. The maximum Gasteiger partial charge on any atom is 0.272 e. The lowest BCUT2D eigenvalue weighted by molar-refractivity contribution is 0.0926. The van der Waals surface area contributed by atoms with Crippen LogP contribution in [0.5, 0.6) is 5.75 Å². The minimum Gasteiger partial charge on any atom is -0.492 e. The minimum absolute atomic E-state index is 0.000643. The van der Waals surface area contributed by atoms with Gasteiger partial charge in [-0.15, -0.1) is 0 Å². The third kappa shape index (κ3) is 5.29. The van der Waals surface area contributed by atoms with E-state index in [1.54, 1.807) is 0 Å². The number of rotatable bonds is 8. The lowest BCUT2D eigenvalue weighted by Gasteiger charge is -2.33. The van der Waals surface area contributed by atoms with E-state index in [1.165, 1.54) is 18.5 Å². The number of carbonyl (C=O) groups is 1. The molecule has 1 aromatic carbocycles. The first kappa shape index (κ1) is 21.9. The zero-order chi connectivity index (χ0) is 21.8. The summed E-state index contributed by atoms with van der Waals surface area (Å²) in [5.74, 6) is 1.39. The van der Waals surface area contributed by atoms with Gasteiger partial charge in [-0.3, -0.25) is 14.4 Å². The van der Waals surface area contributed by atoms with Crippen molar-refractivity contribution in [2.24, 2.45) is 5.92 Å². The van der Waals surface area contributed by atoms with Crippen molar-refractivity contribution in [2.45, 2.75) is 78.0 Å². The number of ether oxygens (including phenoxy) is 1. The Labute approximate surface area is 186 Å². The summed E-state index contributed by atoms with van der Waals surface area (Å²) in [6.07, 6.45) is 5.50. The second-order valence-corrected chi connectivity index (χ2v) is 9.50. The van der Waals surface area contributed by atoms with Crippen molar-refractivity contribution >= 4 is 5.91 Å². The monoisotopic (exact) mass is 424 g/mol. The Balaban J connectivity index is 1.48. The van der Waals surface area contributed by atoms with Gasteiger partial charge in [0.1, 0.15) is 12.4 Å². The van der Waals surface area contributed by atoms with Crippen molar-refractivity contribution in [3.63, 3.8) is 0 Å². The zero-order valence-corrected chi connectivity index (χ0v) is 19.1. The van der Waals surface area contributed by atoms with Crippen LogP contribution in [0.4, 0.5) is 0 Å². The van der Waals surface area contributed by atoms with Gasteiger partial charge in [-0.1, -0.05) is 44.9 Å². The van der Waals surface area contributed by atoms with E-state index >= 15 is 0 Å². The fourth-order valence-electron chi connectivity index (χ4n) is 4.73. The number of amides is 1. The minimum atomic E-state index is 0.000643. The third-order valence-corrected chi connectivity index (χ3v) is 6.46. The lowest BCUT2D eigenvalue weighted by atomic mass is 10.0. The Hall–Kier alpha value is -2.34. The van der Waals surface area contributed by atoms with Crippen LogP contribution in [-0.2, 0) is 19.5 Å². The van der Waals surface area contributed by atoms with Gasteiger partial charge < -0.3 is 10.1 Å². The Kier molecular flexibility index (Phi) is 6.96. The second-order valence-electron chi connectivity index (χ2n) is 9.50. The normalized spacial score (nSPS) is 18.2. The van der Waals surface area contributed by atoms with Gasteiger partial charge in [0.05, 0.1) is 0 Å². The van der Waals surface area contributed by atoms with Crippen molar-refractivity contribution in [1.82, 2.24) is 20.0 Å². The molecule has 168 valence electrons. The van der Waals surface area contributed by atoms with Gasteiger partial charge in [0.25, 0.3) is 5.91 Å². The van der Waals surface area contributed by atoms with E-state index in [-0.39, 0.29) is 11.9 Å². The first-order valence-electron chi connectivity index (χ1n) is 11.8. The molecule has 1 atom stereocenters. The molecule has 0 spiro atoms. The van der Waals surface area contributed by atoms with Crippen molar-refractivity contribution in [3.05, 3.63) is 47.3 Å². The van der Waals surface area contributed by atoms with Gasteiger partial charge in [-0.25, -0.2) is 0 Å². The van der Waals surface area contributed by atoms with E-state index < -0.39 is 0 Å². The molecule has 4 rings (SSSR count). The Morgan fingerprint density at radius 1 is 1.19 bits per heavy atom. The quantitative estimate of drug-likeness (QED) is 0.695. The van der Waals surface area contributed by atoms with E-state index in [1.807, 2.05) is 30.3 Å². The molecule has 1 aromatic heterocycles. The molecule has 2 aromatic rings. The number of fused-ring (bicyclic) bond motifs is 1. The number of aromatic nitrogens is 2. The number of benzene rings is 1. The van der Waals surface area contributed by atoms with E-state index in [0.29, 0.717) is 24.3 Å². The van der Waals surface area contributed by atoms with Crippen LogP contribution in [0.2, 0.25) is 0 Å². The fraction of sp³-hybridized carbons (Fsp3) is 0.600. The van der Waals surface area contributed by atoms with Crippen LogP contribution in [0.25, 0.3) is 0 Å². The molecule has 1 fully saturated rings. The van der Waals surface area contributed by atoms with Gasteiger partial charge >= 0.3 is 0 Å². The van der Waals surface area contributed by atoms with Gasteiger partial charge in [0.15, 0.2) is 5.69 Å². The van der Waals surface area contributed by atoms with Crippen LogP contribution in [0.3, 0.4) is 0 Å². The summed E-state index contributed by atoms with van der Waals surface area (Å²) >= 11 is 0. The summed E-state index contributed by atoms with van der Waals surface area (Å²) < 4.78 is 8.08. The van der Waals surface area contributed by atoms with Crippen LogP contribution < -0.4 is 10.1 Å². The van der Waals surface area contributed by atoms with Crippen LogP contribution in [0, 0.1) is 5.92 Å². The van der Waals surface area contributed by atoms with Gasteiger partial charge in [0, 0.05) is 49.4 Å². The maximum absolute atomic E-state index is 13.1. The van der Waals surface area contributed by atoms with Gasteiger partial charge in [-0.05, 0) is 37.8 Å².